The Labute approximate surface area is 146 Å². The maximum absolute atomic E-state index is 13.7. The molecule has 7 nitrogen and oxygen atoms in total. The smallest absolute Gasteiger partial charge is 0.274 e. The number of carbonyl (C=O) groups is 1. The normalized spacial score (nSPS) is 10.8. The zero-order valence-corrected chi connectivity index (χ0v) is 13.3. The number of aromatic nitrogens is 4. The van der Waals surface area contributed by atoms with Crippen LogP contribution in [0.15, 0.2) is 65.5 Å². The number of rotatable bonds is 3. The molecule has 0 unspecified atom stereocenters. The van der Waals surface area contributed by atoms with E-state index in [1.807, 2.05) is 30.3 Å². The van der Waals surface area contributed by atoms with Gasteiger partial charge in [-0.3, -0.25) is 20.0 Å². The van der Waals surface area contributed by atoms with Gasteiger partial charge in [0.1, 0.15) is 5.82 Å². The third-order valence-electron chi connectivity index (χ3n) is 3.75. The minimum atomic E-state index is -0.682. The lowest BCUT2D eigenvalue weighted by atomic mass is 10.1. The number of carbonyl (C=O) groups excluding carboxylic acids is 1. The van der Waals surface area contributed by atoms with Crippen LogP contribution in [0, 0.1) is 5.82 Å². The fourth-order valence-electron chi connectivity index (χ4n) is 2.51. The first-order chi connectivity index (χ1) is 12.6. The van der Waals surface area contributed by atoms with Gasteiger partial charge in [0.05, 0.1) is 11.3 Å². The van der Waals surface area contributed by atoms with Gasteiger partial charge >= 0.3 is 0 Å². The van der Waals surface area contributed by atoms with E-state index in [4.69, 9.17) is 0 Å². The zero-order chi connectivity index (χ0) is 18.1. The predicted octanol–water partition coefficient (Wildman–Crippen LogP) is 2.48. The first kappa shape index (κ1) is 15.7. The van der Waals surface area contributed by atoms with Crippen molar-refractivity contribution >= 4 is 17.6 Å². The van der Waals surface area contributed by atoms with Crippen LogP contribution in [0.5, 0.6) is 0 Å². The number of hydrogen-bond acceptors (Lipinski definition) is 4. The second-order valence-corrected chi connectivity index (χ2v) is 5.49. The summed E-state index contributed by atoms with van der Waals surface area (Å²) in [4.78, 5) is 32.9. The van der Waals surface area contributed by atoms with Gasteiger partial charge in [-0.15, -0.1) is 0 Å². The van der Waals surface area contributed by atoms with Gasteiger partial charge in [0.15, 0.2) is 0 Å². The Balaban J connectivity index is 1.70. The van der Waals surface area contributed by atoms with Crippen LogP contribution < -0.4 is 10.9 Å². The van der Waals surface area contributed by atoms with E-state index in [2.05, 4.69) is 20.4 Å². The van der Waals surface area contributed by atoms with Crippen molar-refractivity contribution in [2.75, 3.05) is 5.32 Å². The van der Waals surface area contributed by atoms with Crippen LogP contribution in [-0.2, 0) is 0 Å². The van der Waals surface area contributed by atoms with E-state index in [0.29, 0.717) is 5.69 Å². The van der Waals surface area contributed by atoms with Crippen LogP contribution in [-0.4, -0.2) is 25.5 Å². The average Bonchev–Trinajstić information content (AvgIpc) is 3.06. The molecule has 0 bridgehead atoms. The van der Waals surface area contributed by atoms with Gasteiger partial charge < -0.3 is 0 Å². The van der Waals surface area contributed by atoms with Crippen molar-refractivity contribution in [2.24, 2.45) is 0 Å². The summed E-state index contributed by atoms with van der Waals surface area (Å²) < 4.78 is 14.8. The quantitative estimate of drug-likeness (QED) is 0.594. The maximum atomic E-state index is 13.7. The fourth-order valence-corrected chi connectivity index (χ4v) is 2.51. The molecule has 0 aliphatic carbocycles. The van der Waals surface area contributed by atoms with E-state index in [9.17, 15) is 14.0 Å². The van der Waals surface area contributed by atoms with Gasteiger partial charge in [-0.1, -0.05) is 42.5 Å². The van der Waals surface area contributed by atoms with Crippen LogP contribution in [0.3, 0.4) is 0 Å². The third-order valence-corrected chi connectivity index (χ3v) is 3.75. The lowest BCUT2D eigenvalue weighted by Crippen LogP contribution is -2.16. The van der Waals surface area contributed by atoms with Crippen molar-refractivity contribution in [1.82, 2.24) is 19.6 Å². The van der Waals surface area contributed by atoms with Gasteiger partial charge in [0.2, 0.25) is 5.95 Å². The molecule has 26 heavy (non-hydrogen) atoms. The average molecular weight is 349 g/mol. The Morgan fingerprint density at radius 1 is 1.04 bits per heavy atom. The summed E-state index contributed by atoms with van der Waals surface area (Å²) in [5.41, 5.74) is 0.729. The van der Waals surface area contributed by atoms with Crippen LogP contribution in [0.25, 0.3) is 17.0 Å². The number of fused-ring (bicyclic) bond motifs is 1. The number of aromatic amines is 1. The number of nitrogens with one attached hydrogen (secondary N) is 2. The molecule has 8 heteroatoms. The highest BCUT2D eigenvalue weighted by molar-refractivity contribution is 6.03. The second-order valence-electron chi connectivity index (χ2n) is 5.49. The molecule has 0 spiro atoms. The first-order valence-electron chi connectivity index (χ1n) is 7.73. The summed E-state index contributed by atoms with van der Waals surface area (Å²) >= 11 is 0. The van der Waals surface area contributed by atoms with Crippen LogP contribution in [0.4, 0.5) is 10.3 Å². The molecule has 2 aromatic heterocycles. The summed E-state index contributed by atoms with van der Waals surface area (Å²) in [6.45, 7) is 0. The van der Waals surface area contributed by atoms with Gasteiger partial charge in [0.25, 0.3) is 17.2 Å². The molecule has 4 aromatic rings. The Hall–Kier alpha value is -3.81. The molecule has 2 N–H and O–H groups in total. The summed E-state index contributed by atoms with van der Waals surface area (Å²) in [5, 5.41) is 5.07. The number of hydrogen-bond donors (Lipinski definition) is 2. The molecule has 128 valence electrons. The molecular weight excluding hydrogens is 337 g/mol. The largest absolute Gasteiger partial charge is 0.291 e. The molecular formula is C18H12FN5O2. The van der Waals surface area contributed by atoms with E-state index >= 15 is 0 Å². The molecule has 0 aliphatic heterocycles. The van der Waals surface area contributed by atoms with Crippen molar-refractivity contribution in [3.05, 3.63) is 82.4 Å². The van der Waals surface area contributed by atoms with Crippen LogP contribution in [0.1, 0.15) is 10.4 Å². The topological polar surface area (TPSA) is 92.2 Å². The van der Waals surface area contributed by atoms with Crippen molar-refractivity contribution in [3.8, 4) is 11.3 Å². The summed E-state index contributed by atoms with van der Waals surface area (Å²) in [5.74, 6) is -1.24. The highest BCUT2D eigenvalue weighted by Crippen LogP contribution is 2.15. The summed E-state index contributed by atoms with van der Waals surface area (Å²) in [6.07, 6.45) is 0. The minimum absolute atomic E-state index is 0.00642. The molecule has 0 radical (unpaired) electrons. The number of nitrogens with zero attached hydrogens (tertiary/aromatic N) is 3. The molecule has 2 aromatic carbocycles. The van der Waals surface area contributed by atoms with Gasteiger partial charge in [-0.25, -0.2) is 9.37 Å². The SMILES string of the molecule is O=C(Nc1nc2nc(-c3ccccc3)cc(=O)n2[nH]1)c1ccccc1F. The monoisotopic (exact) mass is 349 g/mol. The lowest BCUT2D eigenvalue weighted by Gasteiger charge is -2.01. The van der Waals surface area contributed by atoms with E-state index in [1.54, 1.807) is 6.07 Å². The molecule has 2 heterocycles. The van der Waals surface area contributed by atoms with Gasteiger partial charge in [0, 0.05) is 11.6 Å². The number of halogens is 1. The summed E-state index contributed by atoms with van der Waals surface area (Å²) in [7, 11) is 0. The number of anilines is 1. The highest BCUT2D eigenvalue weighted by atomic mass is 19.1. The maximum Gasteiger partial charge on any atom is 0.274 e. The minimum Gasteiger partial charge on any atom is -0.291 e. The molecule has 0 aliphatic rings. The molecule has 1 amide bonds. The lowest BCUT2D eigenvalue weighted by molar-refractivity contribution is 0.102. The van der Waals surface area contributed by atoms with E-state index < -0.39 is 11.7 Å². The molecule has 0 saturated carbocycles. The van der Waals surface area contributed by atoms with Crippen molar-refractivity contribution < 1.29 is 9.18 Å². The van der Waals surface area contributed by atoms with Crippen molar-refractivity contribution in [2.45, 2.75) is 0 Å². The Bertz CT molecular complexity index is 1170. The zero-order valence-electron chi connectivity index (χ0n) is 13.3. The Kier molecular flexibility index (Phi) is 3.77. The summed E-state index contributed by atoms with van der Waals surface area (Å²) in [6, 6.07) is 16.1. The molecule has 0 atom stereocenters. The van der Waals surface area contributed by atoms with Crippen molar-refractivity contribution in [1.29, 1.82) is 0 Å². The van der Waals surface area contributed by atoms with E-state index in [-0.39, 0.29) is 22.8 Å². The standard InChI is InChI=1S/C18H12FN5O2/c19-13-9-5-4-8-12(13)16(26)21-17-22-18-20-14(10-15(25)24(18)23-17)11-6-2-1-3-7-11/h1-10H,(H2,20,21,22,23,26). The molecule has 0 fully saturated rings. The fraction of sp³-hybridized carbons (Fsp3) is 0. The van der Waals surface area contributed by atoms with Crippen molar-refractivity contribution in [3.63, 3.8) is 0 Å². The molecule has 0 saturated heterocycles. The Morgan fingerprint density at radius 2 is 1.77 bits per heavy atom. The highest BCUT2D eigenvalue weighted by Gasteiger charge is 2.14. The van der Waals surface area contributed by atoms with Crippen LogP contribution in [0.2, 0.25) is 0 Å². The van der Waals surface area contributed by atoms with E-state index in [0.717, 1.165) is 10.1 Å². The Morgan fingerprint density at radius 3 is 2.54 bits per heavy atom. The third kappa shape index (κ3) is 2.84. The number of amides is 1. The van der Waals surface area contributed by atoms with Crippen LogP contribution >= 0.6 is 0 Å². The first-order valence-corrected chi connectivity index (χ1v) is 7.73. The van der Waals surface area contributed by atoms with Gasteiger partial charge in [-0.2, -0.15) is 9.50 Å². The van der Waals surface area contributed by atoms with Gasteiger partial charge in [-0.05, 0) is 12.1 Å². The number of H-pyrrole nitrogens is 1. The molecule has 4 rings (SSSR count). The second kappa shape index (κ2) is 6.25. The predicted molar refractivity (Wildman–Crippen MR) is 93.4 cm³/mol. The number of benzene rings is 2. The van der Waals surface area contributed by atoms with E-state index in [1.165, 1.54) is 24.3 Å².